The van der Waals surface area contributed by atoms with Gasteiger partial charge in [0.25, 0.3) is 0 Å². The monoisotopic (exact) mass is 129 g/mol. The minimum Gasteiger partial charge on any atom is -0.373 e. The summed E-state index contributed by atoms with van der Waals surface area (Å²) in [7, 11) is 0. The van der Waals surface area contributed by atoms with Crippen LogP contribution in [-0.4, -0.2) is 38.5 Å². The SMILES string of the molecule is C1NCC1OCC1CO1. The Labute approximate surface area is 54.3 Å². The molecule has 2 saturated heterocycles. The second kappa shape index (κ2) is 2.25. The summed E-state index contributed by atoms with van der Waals surface area (Å²) in [5.74, 6) is 0. The van der Waals surface area contributed by atoms with Crippen molar-refractivity contribution in [1.29, 1.82) is 0 Å². The first kappa shape index (κ1) is 5.65. The summed E-state index contributed by atoms with van der Waals surface area (Å²) >= 11 is 0. The maximum Gasteiger partial charge on any atom is 0.104 e. The Balaban J connectivity index is 1.55. The van der Waals surface area contributed by atoms with Gasteiger partial charge in [0, 0.05) is 13.1 Å². The minimum atomic E-state index is 0.422. The van der Waals surface area contributed by atoms with Gasteiger partial charge in [-0.3, -0.25) is 0 Å². The Hall–Kier alpha value is -0.120. The highest BCUT2D eigenvalue weighted by molar-refractivity contribution is 4.77. The zero-order valence-electron chi connectivity index (χ0n) is 5.30. The van der Waals surface area contributed by atoms with Crippen LogP contribution < -0.4 is 5.32 Å². The van der Waals surface area contributed by atoms with Gasteiger partial charge in [0.05, 0.1) is 19.3 Å². The third kappa shape index (κ3) is 1.41. The molecular formula is C6H11NO2. The van der Waals surface area contributed by atoms with Crippen molar-refractivity contribution in [3.8, 4) is 0 Å². The van der Waals surface area contributed by atoms with E-state index < -0.39 is 0 Å². The summed E-state index contributed by atoms with van der Waals surface area (Å²) in [6, 6.07) is 0. The van der Waals surface area contributed by atoms with Gasteiger partial charge in [0.15, 0.2) is 0 Å². The Morgan fingerprint density at radius 2 is 2.33 bits per heavy atom. The average Bonchev–Trinajstić information content (AvgIpc) is 2.44. The number of rotatable bonds is 3. The van der Waals surface area contributed by atoms with Crippen molar-refractivity contribution >= 4 is 0 Å². The molecule has 1 N–H and O–H groups in total. The molecule has 2 aliphatic rings. The molecule has 0 aromatic carbocycles. The van der Waals surface area contributed by atoms with Crippen LogP contribution in [0, 0.1) is 0 Å². The fraction of sp³-hybridized carbons (Fsp3) is 1.00. The van der Waals surface area contributed by atoms with Crippen LogP contribution in [0.25, 0.3) is 0 Å². The summed E-state index contributed by atoms with van der Waals surface area (Å²) in [4.78, 5) is 0. The summed E-state index contributed by atoms with van der Waals surface area (Å²) < 4.78 is 10.4. The van der Waals surface area contributed by atoms with Crippen molar-refractivity contribution in [2.24, 2.45) is 0 Å². The van der Waals surface area contributed by atoms with E-state index in [0.29, 0.717) is 12.2 Å². The zero-order valence-corrected chi connectivity index (χ0v) is 5.30. The van der Waals surface area contributed by atoms with E-state index in [2.05, 4.69) is 5.32 Å². The first-order valence-corrected chi connectivity index (χ1v) is 3.39. The number of hydrogen-bond donors (Lipinski definition) is 1. The smallest absolute Gasteiger partial charge is 0.104 e. The molecule has 52 valence electrons. The Morgan fingerprint density at radius 1 is 1.56 bits per heavy atom. The second-order valence-electron chi connectivity index (χ2n) is 2.57. The van der Waals surface area contributed by atoms with E-state index >= 15 is 0 Å². The van der Waals surface area contributed by atoms with Crippen molar-refractivity contribution in [2.45, 2.75) is 12.2 Å². The molecule has 2 fully saturated rings. The molecule has 9 heavy (non-hydrogen) atoms. The zero-order chi connectivity index (χ0) is 6.10. The highest BCUT2D eigenvalue weighted by Gasteiger charge is 2.25. The molecule has 3 nitrogen and oxygen atoms in total. The van der Waals surface area contributed by atoms with E-state index in [1.54, 1.807) is 0 Å². The van der Waals surface area contributed by atoms with Crippen LogP contribution in [0.4, 0.5) is 0 Å². The van der Waals surface area contributed by atoms with Crippen LogP contribution >= 0.6 is 0 Å². The topological polar surface area (TPSA) is 33.8 Å². The Bertz CT molecular complexity index is 99.2. The van der Waals surface area contributed by atoms with Crippen molar-refractivity contribution < 1.29 is 9.47 Å². The molecule has 0 radical (unpaired) electrons. The molecule has 2 heterocycles. The van der Waals surface area contributed by atoms with Gasteiger partial charge in [0.2, 0.25) is 0 Å². The molecule has 3 heteroatoms. The minimum absolute atomic E-state index is 0.422. The first-order valence-electron chi connectivity index (χ1n) is 3.39. The fourth-order valence-corrected chi connectivity index (χ4v) is 0.788. The van der Waals surface area contributed by atoms with Crippen LogP contribution in [0.2, 0.25) is 0 Å². The lowest BCUT2D eigenvalue weighted by molar-refractivity contribution is 0.0110. The van der Waals surface area contributed by atoms with Gasteiger partial charge in [-0.2, -0.15) is 0 Å². The normalized spacial score (nSPS) is 34.0. The van der Waals surface area contributed by atoms with Crippen LogP contribution in [0.1, 0.15) is 0 Å². The maximum atomic E-state index is 5.41. The maximum absolute atomic E-state index is 5.41. The average molecular weight is 129 g/mol. The van der Waals surface area contributed by atoms with Crippen LogP contribution in [0.15, 0.2) is 0 Å². The van der Waals surface area contributed by atoms with Crippen molar-refractivity contribution in [1.82, 2.24) is 5.32 Å². The van der Waals surface area contributed by atoms with Crippen LogP contribution in [0.3, 0.4) is 0 Å². The van der Waals surface area contributed by atoms with Gasteiger partial charge in [0.1, 0.15) is 6.10 Å². The summed E-state index contributed by atoms with van der Waals surface area (Å²) in [5, 5.41) is 3.14. The molecule has 0 bridgehead atoms. The lowest BCUT2D eigenvalue weighted by atomic mass is 10.2. The third-order valence-corrected chi connectivity index (χ3v) is 1.66. The van der Waals surface area contributed by atoms with E-state index in [0.717, 1.165) is 26.3 Å². The van der Waals surface area contributed by atoms with Gasteiger partial charge in [-0.15, -0.1) is 0 Å². The van der Waals surface area contributed by atoms with E-state index in [4.69, 9.17) is 9.47 Å². The van der Waals surface area contributed by atoms with E-state index in [1.165, 1.54) is 0 Å². The highest BCUT2D eigenvalue weighted by atomic mass is 16.6. The van der Waals surface area contributed by atoms with Crippen molar-refractivity contribution in [2.75, 3.05) is 26.3 Å². The fourth-order valence-electron chi connectivity index (χ4n) is 0.788. The largest absolute Gasteiger partial charge is 0.373 e. The predicted octanol–water partition coefficient (Wildman–Crippen LogP) is -0.626. The number of nitrogens with one attached hydrogen (secondary N) is 1. The predicted molar refractivity (Wildman–Crippen MR) is 32.3 cm³/mol. The van der Waals surface area contributed by atoms with Gasteiger partial charge in [-0.1, -0.05) is 0 Å². The molecule has 1 unspecified atom stereocenters. The van der Waals surface area contributed by atoms with E-state index in [9.17, 15) is 0 Å². The van der Waals surface area contributed by atoms with Crippen LogP contribution in [-0.2, 0) is 9.47 Å². The molecule has 2 rings (SSSR count). The molecule has 0 aromatic heterocycles. The quantitative estimate of drug-likeness (QED) is 0.515. The molecule has 1 atom stereocenters. The van der Waals surface area contributed by atoms with Crippen molar-refractivity contribution in [3.05, 3.63) is 0 Å². The first-order chi connectivity index (χ1) is 4.45. The van der Waals surface area contributed by atoms with Gasteiger partial charge in [-0.05, 0) is 0 Å². The van der Waals surface area contributed by atoms with Crippen molar-refractivity contribution in [3.63, 3.8) is 0 Å². The molecule has 0 saturated carbocycles. The summed E-state index contributed by atoms with van der Waals surface area (Å²) in [6.45, 7) is 3.74. The number of epoxide rings is 1. The molecular weight excluding hydrogens is 118 g/mol. The van der Waals surface area contributed by atoms with Gasteiger partial charge in [-0.25, -0.2) is 0 Å². The van der Waals surface area contributed by atoms with Gasteiger partial charge < -0.3 is 14.8 Å². The van der Waals surface area contributed by atoms with E-state index in [-0.39, 0.29) is 0 Å². The lowest BCUT2D eigenvalue weighted by Gasteiger charge is -2.26. The van der Waals surface area contributed by atoms with Crippen LogP contribution in [0.5, 0.6) is 0 Å². The summed E-state index contributed by atoms with van der Waals surface area (Å²) in [5.41, 5.74) is 0. The van der Waals surface area contributed by atoms with Gasteiger partial charge >= 0.3 is 0 Å². The second-order valence-corrected chi connectivity index (χ2v) is 2.57. The lowest BCUT2D eigenvalue weighted by Crippen LogP contribution is -2.48. The third-order valence-electron chi connectivity index (χ3n) is 1.66. The van der Waals surface area contributed by atoms with E-state index in [1.807, 2.05) is 0 Å². The molecule has 0 aliphatic carbocycles. The Morgan fingerprint density at radius 3 is 2.78 bits per heavy atom. The highest BCUT2D eigenvalue weighted by Crippen LogP contribution is 2.10. The molecule has 0 amide bonds. The molecule has 2 aliphatic heterocycles. The summed E-state index contributed by atoms with van der Waals surface area (Å²) in [6.07, 6.45) is 0.889. The number of ether oxygens (including phenoxy) is 2. The Kier molecular flexibility index (Phi) is 1.41. The standard InChI is InChI=1S/C6H11NO2/c1-5(2-7-1)8-3-6-4-9-6/h5-7H,1-4H2. The molecule has 0 spiro atoms. The molecule has 0 aromatic rings. The number of hydrogen-bond acceptors (Lipinski definition) is 3.